The van der Waals surface area contributed by atoms with E-state index in [0.29, 0.717) is 16.8 Å². The summed E-state index contributed by atoms with van der Waals surface area (Å²) >= 11 is 0. The molecule has 0 atom stereocenters. The molecule has 0 unspecified atom stereocenters. The fourth-order valence-corrected chi connectivity index (χ4v) is 2.65. The van der Waals surface area contributed by atoms with Crippen molar-refractivity contribution in [2.24, 2.45) is 0 Å². The lowest BCUT2D eigenvalue weighted by Gasteiger charge is -2.07. The number of hydrogen-bond acceptors (Lipinski definition) is 5. The second-order valence-electron chi connectivity index (χ2n) is 5.92. The van der Waals surface area contributed by atoms with Crippen molar-refractivity contribution >= 4 is 28.5 Å². The molecule has 0 bridgehead atoms. The SMILES string of the molecule is O=C(O)c1cnn(-c2nc3ccc(NC(=O)c4ccccc4)cc3c(=O)[nH]2)c1. The number of H-pyrrole nitrogens is 1. The average molecular weight is 375 g/mol. The summed E-state index contributed by atoms with van der Waals surface area (Å²) < 4.78 is 1.18. The molecule has 0 aliphatic rings. The highest BCUT2D eigenvalue weighted by Gasteiger charge is 2.12. The molecule has 9 heteroatoms. The molecule has 1 amide bonds. The van der Waals surface area contributed by atoms with Crippen LogP contribution in [-0.2, 0) is 0 Å². The molecular formula is C19H13N5O4. The minimum atomic E-state index is -1.13. The molecule has 0 fully saturated rings. The zero-order chi connectivity index (χ0) is 19.7. The van der Waals surface area contributed by atoms with Gasteiger partial charge in [-0.05, 0) is 30.3 Å². The van der Waals surface area contributed by atoms with Gasteiger partial charge < -0.3 is 10.4 Å². The molecule has 28 heavy (non-hydrogen) atoms. The smallest absolute Gasteiger partial charge is 0.338 e. The molecule has 2 heterocycles. The van der Waals surface area contributed by atoms with E-state index in [1.807, 2.05) is 6.07 Å². The first-order valence-electron chi connectivity index (χ1n) is 8.20. The summed E-state index contributed by atoms with van der Waals surface area (Å²) in [6.07, 6.45) is 2.41. The van der Waals surface area contributed by atoms with Crippen LogP contribution in [0.3, 0.4) is 0 Å². The van der Waals surface area contributed by atoms with Crippen molar-refractivity contribution in [1.82, 2.24) is 19.7 Å². The summed E-state index contributed by atoms with van der Waals surface area (Å²) in [6, 6.07) is 13.5. The predicted octanol–water partition coefficient (Wildman–Crippen LogP) is 2.06. The minimum Gasteiger partial charge on any atom is -0.478 e. The first-order valence-corrected chi connectivity index (χ1v) is 8.20. The van der Waals surface area contributed by atoms with Gasteiger partial charge in [0, 0.05) is 17.4 Å². The van der Waals surface area contributed by atoms with Crippen LogP contribution in [0.5, 0.6) is 0 Å². The Labute approximate surface area is 157 Å². The zero-order valence-electron chi connectivity index (χ0n) is 14.3. The molecule has 3 N–H and O–H groups in total. The molecule has 4 rings (SSSR count). The number of nitrogens with zero attached hydrogens (tertiary/aromatic N) is 3. The first kappa shape index (κ1) is 17.2. The van der Waals surface area contributed by atoms with Gasteiger partial charge in [0.1, 0.15) is 0 Å². The lowest BCUT2D eigenvalue weighted by atomic mass is 10.2. The highest BCUT2D eigenvalue weighted by atomic mass is 16.4. The van der Waals surface area contributed by atoms with Crippen LogP contribution >= 0.6 is 0 Å². The monoisotopic (exact) mass is 375 g/mol. The molecule has 138 valence electrons. The van der Waals surface area contributed by atoms with Crippen LogP contribution < -0.4 is 10.9 Å². The topological polar surface area (TPSA) is 130 Å². The Balaban J connectivity index is 1.67. The van der Waals surface area contributed by atoms with E-state index < -0.39 is 11.5 Å². The minimum absolute atomic E-state index is 0.0262. The lowest BCUT2D eigenvalue weighted by Crippen LogP contribution is -2.15. The van der Waals surface area contributed by atoms with E-state index in [4.69, 9.17) is 5.11 Å². The van der Waals surface area contributed by atoms with Crippen molar-refractivity contribution in [2.45, 2.75) is 0 Å². The fourth-order valence-electron chi connectivity index (χ4n) is 2.65. The third-order valence-electron chi connectivity index (χ3n) is 4.03. The van der Waals surface area contributed by atoms with E-state index in [-0.39, 0.29) is 22.8 Å². The molecule has 0 saturated heterocycles. The van der Waals surface area contributed by atoms with Gasteiger partial charge in [-0.15, -0.1) is 0 Å². The number of fused-ring (bicyclic) bond motifs is 1. The summed E-state index contributed by atoms with van der Waals surface area (Å²) in [5.74, 6) is -1.34. The largest absolute Gasteiger partial charge is 0.478 e. The summed E-state index contributed by atoms with van der Waals surface area (Å²) in [7, 11) is 0. The molecule has 0 aliphatic carbocycles. The number of aromatic nitrogens is 4. The van der Waals surface area contributed by atoms with Crippen LogP contribution in [0.4, 0.5) is 5.69 Å². The van der Waals surface area contributed by atoms with Gasteiger partial charge in [0.2, 0.25) is 5.95 Å². The molecular weight excluding hydrogens is 362 g/mol. The van der Waals surface area contributed by atoms with Gasteiger partial charge >= 0.3 is 5.97 Å². The van der Waals surface area contributed by atoms with Crippen LogP contribution in [0, 0.1) is 0 Å². The summed E-state index contributed by atoms with van der Waals surface area (Å²) in [4.78, 5) is 42.5. The van der Waals surface area contributed by atoms with Gasteiger partial charge in [0.05, 0.1) is 22.7 Å². The average Bonchev–Trinajstić information content (AvgIpc) is 3.20. The number of aromatic amines is 1. The Bertz CT molecular complexity index is 1260. The number of amides is 1. The number of anilines is 1. The van der Waals surface area contributed by atoms with Gasteiger partial charge in [-0.25, -0.2) is 14.5 Å². The second kappa shape index (κ2) is 6.80. The highest BCUT2D eigenvalue weighted by molar-refractivity contribution is 6.05. The lowest BCUT2D eigenvalue weighted by molar-refractivity contribution is 0.0696. The Morgan fingerprint density at radius 2 is 1.86 bits per heavy atom. The predicted molar refractivity (Wildman–Crippen MR) is 101 cm³/mol. The van der Waals surface area contributed by atoms with Crippen LogP contribution in [0.2, 0.25) is 0 Å². The second-order valence-corrected chi connectivity index (χ2v) is 5.92. The Hall–Kier alpha value is -4.27. The van der Waals surface area contributed by atoms with Crippen LogP contribution in [-0.4, -0.2) is 36.7 Å². The number of carboxylic acid groups (broad SMARTS) is 1. The molecule has 0 saturated carbocycles. The summed E-state index contributed by atoms with van der Waals surface area (Å²) in [6.45, 7) is 0. The molecule has 0 aliphatic heterocycles. The van der Waals surface area contributed by atoms with E-state index in [1.165, 1.54) is 16.9 Å². The Morgan fingerprint density at radius 3 is 2.57 bits per heavy atom. The van der Waals surface area contributed by atoms with Crippen LogP contribution in [0.15, 0.2) is 65.7 Å². The first-order chi connectivity index (χ1) is 13.5. The van der Waals surface area contributed by atoms with E-state index in [2.05, 4.69) is 20.4 Å². The molecule has 0 spiro atoms. The number of rotatable bonds is 4. The zero-order valence-corrected chi connectivity index (χ0v) is 14.3. The third kappa shape index (κ3) is 3.23. The van der Waals surface area contributed by atoms with Crippen molar-refractivity contribution in [1.29, 1.82) is 0 Å². The number of carbonyl (C=O) groups is 2. The van der Waals surface area contributed by atoms with Gasteiger partial charge in [0.15, 0.2) is 0 Å². The normalized spacial score (nSPS) is 10.7. The molecule has 4 aromatic rings. The third-order valence-corrected chi connectivity index (χ3v) is 4.03. The molecule has 9 nitrogen and oxygen atoms in total. The van der Waals surface area contributed by atoms with Crippen molar-refractivity contribution in [2.75, 3.05) is 5.32 Å². The molecule has 2 aromatic carbocycles. The Kier molecular flexibility index (Phi) is 4.17. The number of aromatic carboxylic acids is 1. The van der Waals surface area contributed by atoms with Crippen molar-refractivity contribution in [3.63, 3.8) is 0 Å². The van der Waals surface area contributed by atoms with E-state index in [0.717, 1.165) is 6.20 Å². The van der Waals surface area contributed by atoms with Crippen molar-refractivity contribution < 1.29 is 14.7 Å². The molecule has 0 radical (unpaired) electrons. The fraction of sp³-hybridized carbons (Fsp3) is 0. The Morgan fingerprint density at radius 1 is 1.07 bits per heavy atom. The van der Waals surface area contributed by atoms with E-state index in [1.54, 1.807) is 36.4 Å². The maximum atomic E-state index is 12.5. The van der Waals surface area contributed by atoms with E-state index >= 15 is 0 Å². The maximum absolute atomic E-state index is 12.5. The van der Waals surface area contributed by atoms with Crippen molar-refractivity contribution in [3.05, 3.63) is 82.4 Å². The van der Waals surface area contributed by atoms with Gasteiger partial charge in [-0.3, -0.25) is 14.6 Å². The summed E-state index contributed by atoms with van der Waals surface area (Å²) in [5.41, 5.74) is 0.861. The van der Waals surface area contributed by atoms with E-state index in [9.17, 15) is 14.4 Å². The highest BCUT2D eigenvalue weighted by Crippen LogP contribution is 2.16. The van der Waals surface area contributed by atoms with Crippen LogP contribution in [0.1, 0.15) is 20.7 Å². The number of nitrogens with one attached hydrogen (secondary N) is 2. The van der Waals surface area contributed by atoms with Gasteiger partial charge in [-0.1, -0.05) is 18.2 Å². The van der Waals surface area contributed by atoms with Crippen LogP contribution in [0.25, 0.3) is 16.9 Å². The van der Waals surface area contributed by atoms with Gasteiger partial charge in [0.25, 0.3) is 11.5 Å². The number of carbonyl (C=O) groups excluding carboxylic acids is 1. The maximum Gasteiger partial charge on any atom is 0.338 e. The number of carboxylic acids is 1. The standard InChI is InChI=1S/C19H13N5O4/c25-16(11-4-2-1-3-5-11)21-13-6-7-15-14(8-13)17(26)23-19(22-15)24-10-12(9-20-24)18(27)28/h1-10H,(H,21,25)(H,27,28)(H,22,23,26). The number of benzene rings is 2. The van der Waals surface area contributed by atoms with Gasteiger partial charge in [-0.2, -0.15) is 5.10 Å². The molecule has 2 aromatic heterocycles. The number of hydrogen-bond donors (Lipinski definition) is 3. The summed E-state index contributed by atoms with van der Waals surface area (Å²) in [5, 5.41) is 15.9. The van der Waals surface area contributed by atoms with Crippen molar-refractivity contribution in [3.8, 4) is 5.95 Å². The quantitative estimate of drug-likeness (QED) is 0.500.